The van der Waals surface area contributed by atoms with E-state index in [1.54, 1.807) is 0 Å². The third-order valence-electron chi connectivity index (χ3n) is 1.55. The van der Waals surface area contributed by atoms with Crippen LogP contribution in [0.1, 0.15) is 20.8 Å². The topological polar surface area (TPSA) is 32.3 Å². The van der Waals surface area contributed by atoms with Crippen LogP contribution in [-0.4, -0.2) is 42.2 Å². The molecular formula is C9H20N2OS. The standard InChI is InChI=1S/C9H20N2OS/c1-9(2,3)10-5-6-11(4)7-8(12)13/h10H,5-7H2,1-4H3,(H,12,13). The molecule has 0 spiro atoms. The highest BCUT2D eigenvalue weighted by atomic mass is 32.1. The van der Waals surface area contributed by atoms with Crippen molar-refractivity contribution in [3.8, 4) is 0 Å². The molecule has 0 aliphatic rings. The summed E-state index contributed by atoms with van der Waals surface area (Å²) in [6, 6.07) is 0. The highest BCUT2D eigenvalue weighted by molar-refractivity contribution is 7.96. The highest BCUT2D eigenvalue weighted by Gasteiger charge is 2.08. The summed E-state index contributed by atoms with van der Waals surface area (Å²) >= 11 is 3.72. The van der Waals surface area contributed by atoms with Gasteiger partial charge in [0.2, 0.25) is 0 Å². The Morgan fingerprint density at radius 1 is 1.46 bits per heavy atom. The summed E-state index contributed by atoms with van der Waals surface area (Å²) in [6.07, 6.45) is 0. The van der Waals surface area contributed by atoms with Crippen LogP contribution in [0.2, 0.25) is 0 Å². The molecule has 3 nitrogen and oxygen atoms in total. The Kier molecular flexibility index (Phi) is 5.60. The smallest absolute Gasteiger partial charge is 0.199 e. The molecule has 0 saturated heterocycles. The molecule has 13 heavy (non-hydrogen) atoms. The lowest BCUT2D eigenvalue weighted by molar-refractivity contribution is -0.111. The zero-order valence-corrected chi connectivity index (χ0v) is 9.82. The Balaban J connectivity index is 3.48. The molecule has 0 aromatic rings. The minimum atomic E-state index is -0.0849. The molecule has 0 aliphatic heterocycles. The molecule has 0 unspecified atom stereocenters. The fourth-order valence-corrected chi connectivity index (χ4v) is 1.17. The summed E-state index contributed by atoms with van der Waals surface area (Å²) in [5, 5.41) is 3.26. The third kappa shape index (κ3) is 9.86. The van der Waals surface area contributed by atoms with Crippen LogP contribution in [0.25, 0.3) is 0 Å². The van der Waals surface area contributed by atoms with E-state index in [-0.39, 0.29) is 10.7 Å². The molecule has 0 aromatic heterocycles. The second kappa shape index (κ2) is 5.62. The fourth-order valence-electron chi connectivity index (χ4n) is 0.932. The van der Waals surface area contributed by atoms with Gasteiger partial charge in [0.1, 0.15) is 0 Å². The van der Waals surface area contributed by atoms with Crippen molar-refractivity contribution < 1.29 is 4.79 Å². The summed E-state index contributed by atoms with van der Waals surface area (Å²) in [5.41, 5.74) is 0.145. The number of nitrogens with one attached hydrogen (secondary N) is 1. The van der Waals surface area contributed by atoms with Gasteiger partial charge in [-0.15, -0.1) is 12.6 Å². The van der Waals surface area contributed by atoms with Crippen LogP contribution in [0.4, 0.5) is 0 Å². The zero-order chi connectivity index (χ0) is 10.5. The number of rotatable bonds is 5. The van der Waals surface area contributed by atoms with Crippen molar-refractivity contribution in [1.29, 1.82) is 0 Å². The van der Waals surface area contributed by atoms with E-state index < -0.39 is 0 Å². The van der Waals surface area contributed by atoms with E-state index in [0.29, 0.717) is 6.54 Å². The van der Waals surface area contributed by atoms with E-state index >= 15 is 0 Å². The maximum Gasteiger partial charge on any atom is 0.199 e. The van der Waals surface area contributed by atoms with Crippen molar-refractivity contribution in [3.05, 3.63) is 0 Å². The van der Waals surface area contributed by atoms with E-state index in [1.165, 1.54) is 0 Å². The Morgan fingerprint density at radius 2 is 2.00 bits per heavy atom. The minimum absolute atomic E-state index is 0.0849. The molecule has 0 bridgehead atoms. The van der Waals surface area contributed by atoms with E-state index in [2.05, 4.69) is 38.7 Å². The summed E-state index contributed by atoms with van der Waals surface area (Å²) in [7, 11) is 1.92. The van der Waals surface area contributed by atoms with Gasteiger partial charge in [0, 0.05) is 18.6 Å². The van der Waals surface area contributed by atoms with Crippen LogP contribution in [0.3, 0.4) is 0 Å². The first kappa shape index (κ1) is 12.9. The lowest BCUT2D eigenvalue weighted by Gasteiger charge is -2.22. The summed E-state index contributed by atoms with van der Waals surface area (Å²) in [6.45, 7) is 8.53. The maximum atomic E-state index is 10.6. The number of thiol groups is 1. The van der Waals surface area contributed by atoms with E-state index in [0.717, 1.165) is 13.1 Å². The molecule has 0 aromatic carbocycles. The largest absolute Gasteiger partial charge is 0.311 e. The van der Waals surface area contributed by atoms with Crippen LogP contribution in [0.15, 0.2) is 0 Å². The molecule has 0 atom stereocenters. The number of hydrogen-bond acceptors (Lipinski definition) is 3. The molecule has 0 fully saturated rings. The molecule has 0 amide bonds. The van der Waals surface area contributed by atoms with Crippen molar-refractivity contribution in [1.82, 2.24) is 10.2 Å². The van der Waals surface area contributed by atoms with Gasteiger partial charge in [0.25, 0.3) is 0 Å². The predicted octanol–water partition coefficient (Wildman–Crippen LogP) is 0.763. The Bertz CT molecular complexity index is 165. The first-order valence-electron chi connectivity index (χ1n) is 4.46. The van der Waals surface area contributed by atoms with Gasteiger partial charge in [-0.3, -0.25) is 9.69 Å². The normalized spacial score (nSPS) is 12.2. The van der Waals surface area contributed by atoms with E-state index in [9.17, 15) is 4.79 Å². The van der Waals surface area contributed by atoms with Gasteiger partial charge in [-0.05, 0) is 27.8 Å². The zero-order valence-electron chi connectivity index (χ0n) is 8.92. The van der Waals surface area contributed by atoms with Gasteiger partial charge in [-0.1, -0.05) is 0 Å². The van der Waals surface area contributed by atoms with Crippen molar-refractivity contribution in [2.24, 2.45) is 0 Å². The van der Waals surface area contributed by atoms with E-state index in [1.807, 2.05) is 11.9 Å². The number of hydrogen-bond donors (Lipinski definition) is 2. The molecular weight excluding hydrogens is 184 g/mol. The summed E-state index contributed by atoms with van der Waals surface area (Å²) < 4.78 is 0. The number of carbonyl (C=O) groups is 1. The second-order valence-electron chi connectivity index (χ2n) is 4.31. The number of nitrogens with zero attached hydrogens (tertiary/aromatic N) is 1. The first-order chi connectivity index (χ1) is 5.81. The monoisotopic (exact) mass is 204 g/mol. The predicted molar refractivity (Wildman–Crippen MR) is 59.2 cm³/mol. The maximum absolute atomic E-state index is 10.6. The fraction of sp³-hybridized carbons (Fsp3) is 0.889. The highest BCUT2D eigenvalue weighted by Crippen LogP contribution is 1.97. The van der Waals surface area contributed by atoms with Gasteiger partial charge >= 0.3 is 0 Å². The van der Waals surface area contributed by atoms with Gasteiger partial charge in [0.05, 0.1) is 6.54 Å². The molecule has 4 heteroatoms. The van der Waals surface area contributed by atoms with Crippen molar-refractivity contribution in [2.75, 3.05) is 26.7 Å². The molecule has 78 valence electrons. The Morgan fingerprint density at radius 3 is 2.38 bits per heavy atom. The van der Waals surface area contributed by atoms with Gasteiger partial charge in [0.15, 0.2) is 5.12 Å². The molecule has 0 rings (SSSR count). The molecule has 0 saturated carbocycles. The van der Waals surface area contributed by atoms with Crippen molar-refractivity contribution >= 4 is 17.7 Å². The molecule has 1 N–H and O–H groups in total. The lowest BCUT2D eigenvalue weighted by atomic mass is 10.1. The van der Waals surface area contributed by atoms with Crippen LogP contribution < -0.4 is 5.32 Å². The summed E-state index contributed by atoms with van der Waals surface area (Å²) in [5.74, 6) is 0. The second-order valence-corrected chi connectivity index (χ2v) is 4.81. The third-order valence-corrected chi connectivity index (χ3v) is 1.70. The molecule has 0 heterocycles. The average Bonchev–Trinajstić information content (AvgIpc) is 1.81. The Hall–Kier alpha value is -0.0600. The first-order valence-corrected chi connectivity index (χ1v) is 4.91. The number of carbonyl (C=O) groups excluding carboxylic acids is 1. The van der Waals surface area contributed by atoms with Crippen LogP contribution in [0, 0.1) is 0 Å². The van der Waals surface area contributed by atoms with Gasteiger partial charge < -0.3 is 5.32 Å². The van der Waals surface area contributed by atoms with Crippen LogP contribution >= 0.6 is 12.6 Å². The van der Waals surface area contributed by atoms with Crippen LogP contribution in [0.5, 0.6) is 0 Å². The summed E-state index contributed by atoms with van der Waals surface area (Å²) in [4.78, 5) is 12.6. The SMILES string of the molecule is CN(CCNC(C)(C)C)CC(=O)S. The molecule has 0 radical (unpaired) electrons. The lowest BCUT2D eigenvalue weighted by Crippen LogP contribution is -2.41. The van der Waals surface area contributed by atoms with Gasteiger partial charge in [-0.25, -0.2) is 0 Å². The van der Waals surface area contributed by atoms with Crippen molar-refractivity contribution in [3.63, 3.8) is 0 Å². The van der Waals surface area contributed by atoms with Crippen LogP contribution in [-0.2, 0) is 4.79 Å². The van der Waals surface area contributed by atoms with E-state index in [4.69, 9.17) is 0 Å². The minimum Gasteiger partial charge on any atom is -0.311 e. The quantitative estimate of drug-likeness (QED) is 0.649. The van der Waals surface area contributed by atoms with Crippen molar-refractivity contribution in [2.45, 2.75) is 26.3 Å². The van der Waals surface area contributed by atoms with Gasteiger partial charge in [-0.2, -0.15) is 0 Å². The average molecular weight is 204 g/mol. The Labute approximate surface area is 86.3 Å². The molecule has 0 aliphatic carbocycles. The number of likely N-dealkylation sites (N-methyl/N-ethyl adjacent to an activating group) is 1.